The topological polar surface area (TPSA) is 194 Å². The second-order valence-electron chi connectivity index (χ2n) is 18.4. The van der Waals surface area contributed by atoms with Crippen LogP contribution in [0.1, 0.15) is 68.8 Å². The van der Waals surface area contributed by atoms with Crippen molar-refractivity contribution in [3.63, 3.8) is 0 Å². The van der Waals surface area contributed by atoms with Crippen molar-refractivity contribution in [1.29, 1.82) is 0 Å². The molecule has 0 radical (unpaired) electrons. The summed E-state index contributed by atoms with van der Waals surface area (Å²) in [6.07, 6.45) is 0.831. The minimum Gasteiger partial charge on any atom is -0.456 e. The standard InChI is InChI=1S/C45H52O13/c1-24-27-18-19-29(24)30(53-38(48)26-12-6-4-7-13-26)16-10-11-17-33(47)54-32-21-20-31-42(32,51)39(49)41(23-46)36(55-41)34-37-44(52,40(3,50)22-27)35-25(2)43(31,34)58-45(56-35,57-37)28-14-8-5-9-15-28/h4-17,24-25,27,29-32,34-37,39,46,49-52H,18-23H2,1-3H3/b16-10-,17-11-/t24-,25+,27+,29-,30+,31+,32-,34-,35-,36-,37+,39+,40+,41-,42+,43-,44-,45?/m0/s1. The van der Waals surface area contributed by atoms with Crippen LogP contribution in [0.25, 0.3) is 0 Å². The summed E-state index contributed by atoms with van der Waals surface area (Å²) in [5.41, 5.74) is -8.42. The van der Waals surface area contributed by atoms with Gasteiger partial charge in [0.25, 0.3) is 0 Å². The number of benzene rings is 2. The summed E-state index contributed by atoms with van der Waals surface area (Å²) < 4.78 is 39.4. The molecule has 4 saturated carbocycles. The molecule has 13 nitrogen and oxygen atoms in total. The third-order valence-corrected chi connectivity index (χ3v) is 15.9. The lowest BCUT2D eigenvalue weighted by molar-refractivity contribution is -0.595. The van der Waals surface area contributed by atoms with E-state index in [4.69, 9.17) is 28.4 Å². The first kappa shape index (κ1) is 38.7. The van der Waals surface area contributed by atoms with Crippen LogP contribution in [0.4, 0.5) is 0 Å². The average Bonchev–Trinajstić information content (AvgIpc) is 3.73. The molecule has 2 aromatic carbocycles. The zero-order chi connectivity index (χ0) is 40.6. The number of allylic oxidation sites excluding steroid dienone is 2. The maximum atomic E-state index is 13.6. The molecule has 5 N–H and O–H groups in total. The predicted molar refractivity (Wildman–Crippen MR) is 202 cm³/mol. The van der Waals surface area contributed by atoms with Gasteiger partial charge in [0.2, 0.25) is 0 Å². The first-order chi connectivity index (χ1) is 27.7. The van der Waals surface area contributed by atoms with Crippen molar-refractivity contribution >= 4 is 11.9 Å². The first-order valence-electron chi connectivity index (χ1n) is 20.7. The molecule has 2 aromatic rings. The second-order valence-corrected chi connectivity index (χ2v) is 18.4. The molecule has 6 aliphatic heterocycles. The van der Waals surface area contributed by atoms with Crippen molar-refractivity contribution in [3.8, 4) is 0 Å². The van der Waals surface area contributed by atoms with Gasteiger partial charge in [-0.1, -0.05) is 74.5 Å². The predicted octanol–water partition coefficient (Wildman–Crippen LogP) is 3.06. The average molecular weight is 801 g/mol. The quantitative estimate of drug-likeness (QED) is 0.224. The number of rotatable bonds is 4. The van der Waals surface area contributed by atoms with Gasteiger partial charge in [-0.3, -0.25) is 0 Å². The molecule has 6 heterocycles. The molecule has 12 rings (SSSR count). The van der Waals surface area contributed by atoms with Gasteiger partial charge < -0.3 is 54.0 Å². The fourth-order valence-corrected chi connectivity index (χ4v) is 13.0. The van der Waals surface area contributed by atoms with Crippen LogP contribution in [0.5, 0.6) is 0 Å². The Kier molecular flexibility index (Phi) is 8.67. The fraction of sp³-hybridized carbons (Fsp3) is 0.600. The Bertz CT molecular complexity index is 2020. The number of epoxide rings is 1. The number of esters is 2. The lowest BCUT2D eigenvalue weighted by Gasteiger charge is -2.74. The molecule has 58 heavy (non-hydrogen) atoms. The van der Waals surface area contributed by atoms with Gasteiger partial charge in [-0.15, -0.1) is 0 Å². The molecule has 10 aliphatic rings. The monoisotopic (exact) mass is 800 g/mol. The Morgan fingerprint density at radius 3 is 2.31 bits per heavy atom. The highest BCUT2D eigenvalue weighted by Crippen LogP contribution is 2.74. The molecule has 1 spiro atoms. The summed E-state index contributed by atoms with van der Waals surface area (Å²) in [5.74, 6) is -6.19. The van der Waals surface area contributed by atoms with Gasteiger partial charge in [0.1, 0.15) is 53.4 Å². The largest absolute Gasteiger partial charge is 0.456 e. The maximum Gasteiger partial charge on any atom is 0.338 e. The van der Waals surface area contributed by atoms with E-state index in [9.17, 15) is 35.1 Å². The van der Waals surface area contributed by atoms with E-state index in [1.54, 1.807) is 67.6 Å². The van der Waals surface area contributed by atoms with Crippen LogP contribution in [-0.2, 0) is 39.2 Å². The molecule has 4 saturated heterocycles. The summed E-state index contributed by atoms with van der Waals surface area (Å²) >= 11 is 0. The Labute approximate surface area is 336 Å². The third-order valence-electron chi connectivity index (χ3n) is 15.9. The number of carbonyl (C=O) groups is 2. The molecule has 18 atom stereocenters. The lowest BCUT2D eigenvalue weighted by atomic mass is 9.49. The molecule has 0 amide bonds. The lowest BCUT2D eigenvalue weighted by Crippen LogP contribution is -2.89. The molecule has 1 unspecified atom stereocenters. The van der Waals surface area contributed by atoms with Crippen LogP contribution in [0.15, 0.2) is 85.0 Å². The molecule has 4 aliphatic carbocycles. The zero-order valence-electron chi connectivity index (χ0n) is 32.8. The van der Waals surface area contributed by atoms with Crippen molar-refractivity contribution in [3.05, 3.63) is 96.1 Å². The van der Waals surface area contributed by atoms with Crippen molar-refractivity contribution in [2.24, 2.45) is 35.5 Å². The van der Waals surface area contributed by atoms with E-state index in [0.717, 1.165) is 0 Å². The summed E-state index contributed by atoms with van der Waals surface area (Å²) in [4.78, 5) is 27.0. The first-order valence-corrected chi connectivity index (χ1v) is 20.7. The number of aliphatic hydroxyl groups excluding tert-OH is 2. The van der Waals surface area contributed by atoms with Gasteiger partial charge in [0.15, 0.2) is 0 Å². The Morgan fingerprint density at radius 1 is 0.879 bits per heavy atom. The zero-order valence-corrected chi connectivity index (χ0v) is 32.8. The van der Waals surface area contributed by atoms with Crippen LogP contribution < -0.4 is 0 Å². The Morgan fingerprint density at radius 2 is 1.59 bits per heavy atom. The van der Waals surface area contributed by atoms with Crippen molar-refractivity contribution in [2.45, 2.75) is 123 Å². The normalized spacial score (nSPS) is 52.2. The van der Waals surface area contributed by atoms with E-state index in [1.807, 2.05) is 19.1 Å². The van der Waals surface area contributed by atoms with Crippen molar-refractivity contribution in [1.82, 2.24) is 0 Å². The molecule has 11 bridgehead atoms. The molecule has 8 fully saturated rings. The Hall–Kier alpha value is -3.50. The van der Waals surface area contributed by atoms with Gasteiger partial charge in [-0.2, -0.15) is 0 Å². The van der Waals surface area contributed by atoms with Gasteiger partial charge in [0.05, 0.1) is 23.4 Å². The van der Waals surface area contributed by atoms with E-state index in [0.29, 0.717) is 24.0 Å². The van der Waals surface area contributed by atoms with Gasteiger partial charge in [-0.25, -0.2) is 9.59 Å². The molecular formula is C45H52O13. The number of hydrogen-bond donors (Lipinski definition) is 5. The van der Waals surface area contributed by atoms with E-state index in [-0.39, 0.29) is 37.0 Å². The highest BCUT2D eigenvalue weighted by atomic mass is 16.9. The van der Waals surface area contributed by atoms with E-state index in [2.05, 4.69) is 6.92 Å². The smallest absolute Gasteiger partial charge is 0.338 e. The number of aliphatic hydroxyl groups is 5. The van der Waals surface area contributed by atoms with Gasteiger partial charge in [0, 0.05) is 35.3 Å². The molecule has 0 aromatic heterocycles. The van der Waals surface area contributed by atoms with Crippen molar-refractivity contribution in [2.75, 3.05) is 6.61 Å². The maximum absolute atomic E-state index is 13.6. The van der Waals surface area contributed by atoms with E-state index >= 15 is 0 Å². The van der Waals surface area contributed by atoms with Gasteiger partial charge in [-0.05, 0) is 69.1 Å². The van der Waals surface area contributed by atoms with E-state index < -0.39 is 107 Å². The minimum absolute atomic E-state index is 0.0988. The highest BCUT2D eigenvalue weighted by Gasteiger charge is 2.90. The number of hydrogen-bond acceptors (Lipinski definition) is 13. The van der Waals surface area contributed by atoms with Crippen LogP contribution in [0.2, 0.25) is 0 Å². The van der Waals surface area contributed by atoms with Crippen LogP contribution >= 0.6 is 0 Å². The molecular weight excluding hydrogens is 748 g/mol. The third kappa shape index (κ3) is 4.96. The summed E-state index contributed by atoms with van der Waals surface area (Å²) in [5, 5.41) is 63.0. The molecule has 310 valence electrons. The highest BCUT2D eigenvalue weighted by molar-refractivity contribution is 5.89. The second kappa shape index (κ2) is 13.0. The Balaban J connectivity index is 1.12. The summed E-state index contributed by atoms with van der Waals surface area (Å²) in [6, 6.07) is 17.7. The number of carbonyl (C=O) groups excluding carboxylic acids is 2. The van der Waals surface area contributed by atoms with Gasteiger partial charge >= 0.3 is 17.9 Å². The van der Waals surface area contributed by atoms with Crippen molar-refractivity contribution < 1.29 is 63.5 Å². The SMILES string of the molecule is C[C@H]1[C@@H]2CC[C@@H]1[C@H](OC(=O)c1ccccc1)/C=C\C=C/C(=O)O[C@H]1CC[C@@H]3[C@]1(O)[C@H](O)[C@@]1(CO)O[C@H]1[C@H]1[C@H]4OC5(c6ccccc6)O[C@@H]([C@@H](C)[C@@]13O5)[C@@]4(O)[C@](C)(O)C2. The minimum atomic E-state index is -2.20. The number of fused-ring (bicyclic) bond motifs is 6. The van der Waals surface area contributed by atoms with Crippen LogP contribution in [-0.4, -0.2) is 109 Å². The van der Waals surface area contributed by atoms with Crippen LogP contribution in [0, 0.1) is 35.5 Å². The van der Waals surface area contributed by atoms with E-state index in [1.165, 1.54) is 12.2 Å². The van der Waals surface area contributed by atoms with Crippen LogP contribution in [0.3, 0.4) is 0 Å². The fourth-order valence-electron chi connectivity index (χ4n) is 13.0. The number of ether oxygens (including phenoxy) is 6. The summed E-state index contributed by atoms with van der Waals surface area (Å²) in [7, 11) is 0. The molecule has 13 heteroatoms. The summed E-state index contributed by atoms with van der Waals surface area (Å²) in [6.45, 7) is 4.83.